The van der Waals surface area contributed by atoms with Gasteiger partial charge in [-0.25, -0.2) is 0 Å². The van der Waals surface area contributed by atoms with Gasteiger partial charge in [0, 0.05) is 19.3 Å². The van der Waals surface area contributed by atoms with E-state index in [1.54, 1.807) is 0 Å². The Morgan fingerprint density at radius 2 is 0.446 bits per heavy atom. The van der Waals surface area contributed by atoms with E-state index in [1.165, 1.54) is 38.5 Å². The molecule has 0 spiro atoms. The van der Waals surface area contributed by atoms with Crippen molar-refractivity contribution in [1.29, 1.82) is 0 Å². The van der Waals surface area contributed by atoms with Crippen LogP contribution in [0.5, 0.6) is 0 Å². The molecule has 0 aliphatic rings. The van der Waals surface area contributed by atoms with E-state index in [2.05, 4.69) is 215 Å². The zero-order chi connectivity index (χ0) is 59.9. The van der Waals surface area contributed by atoms with Gasteiger partial charge in [-0.2, -0.15) is 0 Å². The molecule has 0 aromatic heterocycles. The molecule has 0 aliphatic carbocycles. The normalized spacial score (nSPS) is 13.4. The summed E-state index contributed by atoms with van der Waals surface area (Å²) in [5.74, 6) is -1.01. The van der Waals surface area contributed by atoms with E-state index in [0.717, 1.165) is 167 Å². The van der Waals surface area contributed by atoms with Crippen molar-refractivity contribution in [2.45, 2.75) is 258 Å². The summed E-state index contributed by atoms with van der Waals surface area (Å²) in [7, 11) is 0. The predicted octanol–water partition coefficient (Wildman–Crippen LogP) is 23.0. The molecule has 0 fully saturated rings. The zero-order valence-corrected chi connectivity index (χ0v) is 52.9. The van der Waals surface area contributed by atoms with E-state index in [1.807, 2.05) is 0 Å². The summed E-state index contributed by atoms with van der Waals surface area (Å²) >= 11 is 0. The number of carbonyl (C=O) groups is 3. The molecule has 1 atom stereocenters. The molecule has 0 aromatic carbocycles. The van der Waals surface area contributed by atoms with Crippen molar-refractivity contribution >= 4 is 17.9 Å². The van der Waals surface area contributed by atoms with Gasteiger partial charge in [-0.1, -0.05) is 273 Å². The van der Waals surface area contributed by atoms with Gasteiger partial charge in [-0.15, -0.1) is 0 Å². The maximum Gasteiger partial charge on any atom is 0.306 e. The Balaban J connectivity index is 4.54. The van der Waals surface area contributed by atoms with E-state index >= 15 is 0 Å². The fraction of sp³-hybridized carbons (Fsp3) is 0.545. The standard InChI is InChI=1S/C77H118O6/c1-4-7-10-13-16-19-22-25-28-31-33-34-35-36-37-38-39-40-41-42-44-46-49-52-55-58-61-64-67-70-76(79)82-73-74(72-81-75(78)69-66-63-60-57-54-51-48-45-30-27-24-21-18-15-12-9-6-3)83-77(80)71-68-65-62-59-56-53-50-47-43-32-29-26-23-20-17-14-11-8-5-2/h7-12,16-21,25-30,33-34,36-37,39-40,42-44,47,49,52,58,61,74H,4-6,13-15,22-24,31-32,35,38,41,45-46,48,50-51,53-57,59-60,62-73H2,1-3H3/b10-7-,11-8-,12-9-,19-16-,20-17-,21-18-,28-25-,29-26-,30-27-,34-33-,37-36-,40-39-,44-42-,47-43-,52-49-,61-58-. The topological polar surface area (TPSA) is 78.9 Å². The minimum atomic E-state index is -0.828. The third-order valence-electron chi connectivity index (χ3n) is 13.1. The summed E-state index contributed by atoms with van der Waals surface area (Å²) in [6.45, 7) is 6.23. The number of hydrogen-bond donors (Lipinski definition) is 0. The Morgan fingerprint density at radius 1 is 0.241 bits per heavy atom. The lowest BCUT2D eigenvalue weighted by molar-refractivity contribution is -0.167. The highest BCUT2D eigenvalue weighted by Gasteiger charge is 2.19. The van der Waals surface area contributed by atoms with Gasteiger partial charge in [0.15, 0.2) is 6.10 Å². The Labute approximate surface area is 509 Å². The van der Waals surface area contributed by atoms with Crippen LogP contribution in [0.25, 0.3) is 0 Å². The summed E-state index contributed by atoms with van der Waals surface area (Å²) in [5.41, 5.74) is 0. The molecular formula is C77H118O6. The van der Waals surface area contributed by atoms with Crippen LogP contribution in [0.1, 0.15) is 252 Å². The van der Waals surface area contributed by atoms with Crippen LogP contribution in [0.2, 0.25) is 0 Å². The molecule has 0 saturated carbocycles. The van der Waals surface area contributed by atoms with Crippen LogP contribution in [0, 0.1) is 0 Å². The summed E-state index contributed by atoms with van der Waals surface area (Å²) in [6.07, 6.45) is 104. The lowest BCUT2D eigenvalue weighted by Gasteiger charge is -2.18. The lowest BCUT2D eigenvalue weighted by Crippen LogP contribution is -2.30. The maximum absolute atomic E-state index is 12.9. The SMILES string of the molecule is CC/C=C\C/C=C\C/C=C\C/C=C\C/C=C\C/C=C\C/C=C\C/C=C\C/C=C\CCCC(=O)OCC(COC(=O)CCCCCCCCC/C=C\C/C=C\C/C=C\CC)OC(=O)CCCCCCCC/C=C\C/C=C\C/C=C\C/C=C\CC. The van der Waals surface area contributed by atoms with Crippen LogP contribution in [0.4, 0.5) is 0 Å². The quantitative estimate of drug-likeness (QED) is 0.0261. The zero-order valence-electron chi connectivity index (χ0n) is 52.9. The lowest BCUT2D eigenvalue weighted by atomic mass is 10.1. The first kappa shape index (κ1) is 77.2. The molecule has 83 heavy (non-hydrogen) atoms. The molecule has 0 bridgehead atoms. The number of unbranched alkanes of at least 4 members (excludes halogenated alkanes) is 14. The van der Waals surface area contributed by atoms with Crippen molar-refractivity contribution in [2.24, 2.45) is 0 Å². The van der Waals surface area contributed by atoms with Crippen molar-refractivity contribution in [3.63, 3.8) is 0 Å². The largest absolute Gasteiger partial charge is 0.462 e. The van der Waals surface area contributed by atoms with Gasteiger partial charge < -0.3 is 14.2 Å². The van der Waals surface area contributed by atoms with Crippen molar-refractivity contribution in [3.8, 4) is 0 Å². The van der Waals surface area contributed by atoms with Crippen LogP contribution < -0.4 is 0 Å². The van der Waals surface area contributed by atoms with Crippen molar-refractivity contribution in [3.05, 3.63) is 194 Å². The van der Waals surface area contributed by atoms with E-state index in [4.69, 9.17) is 14.2 Å². The summed E-state index contributed by atoms with van der Waals surface area (Å²) in [6, 6.07) is 0. The van der Waals surface area contributed by atoms with Crippen molar-refractivity contribution in [1.82, 2.24) is 0 Å². The molecule has 6 heteroatoms. The van der Waals surface area contributed by atoms with E-state index in [9.17, 15) is 14.4 Å². The Kier molecular flexibility index (Phi) is 64.0. The van der Waals surface area contributed by atoms with Gasteiger partial charge in [0.2, 0.25) is 0 Å². The van der Waals surface area contributed by atoms with Gasteiger partial charge >= 0.3 is 17.9 Å². The van der Waals surface area contributed by atoms with Crippen LogP contribution in [-0.2, 0) is 28.6 Å². The number of esters is 3. The van der Waals surface area contributed by atoms with Gasteiger partial charge in [-0.05, 0) is 154 Å². The first-order chi connectivity index (χ1) is 41.0. The number of carbonyl (C=O) groups excluding carboxylic acids is 3. The van der Waals surface area contributed by atoms with Gasteiger partial charge in [-0.3, -0.25) is 14.4 Å². The minimum absolute atomic E-state index is 0.117. The second kappa shape index (κ2) is 68.7. The summed E-state index contributed by atoms with van der Waals surface area (Å²) in [5, 5.41) is 0. The molecule has 6 nitrogen and oxygen atoms in total. The van der Waals surface area contributed by atoms with Crippen LogP contribution in [0.3, 0.4) is 0 Å². The van der Waals surface area contributed by atoms with Crippen molar-refractivity contribution in [2.75, 3.05) is 13.2 Å². The van der Waals surface area contributed by atoms with Crippen LogP contribution in [-0.4, -0.2) is 37.2 Å². The molecule has 0 rings (SSSR count). The highest BCUT2D eigenvalue weighted by molar-refractivity contribution is 5.71. The number of ether oxygens (including phenoxy) is 3. The molecule has 0 amide bonds. The van der Waals surface area contributed by atoms with Crippen LogP contribution in [0.15, 0.2) is 194 Å². The first-order valence-corrected chi connectivity index (χ1v) is 32.9. The van der Waals surface area contributed by atoms with E-state index in [-0.39, 0.29) is 44.0 Å². The summed E-state index contributed by atoms with van der Waals surface area (Å²) < 4.78 is 16.9. The molecule has 0 radical (unpaired) electrons. The van der Waals surface area contributed by atoms with Gasteiger partial charge in [0.25, 0.3) is 0 Å². The van der Waals surface area contributed by atoms with Crippen LogP contribution >= 0.6 is 0 Å². The minimum Gasteiger partial charge on any atom is -0.462 e. The second-order valence-electron chi connectivity index (χ2n) is 20.9. The monoisotopic (exact) mass is 1140 g/mol. The molecule has 1 unspecified atom stereocenters. The average Bonchev–Trinajstić information content (AvgIpc) is 3.49. The number of hydrogen-bond acceptors (Lipinski definition) is 6. The Bertz CT molecular complexity index is 1990. The molecule has 0 aromatic rings. The van der Waals surface area contributed by atoms with E-state index in [0.29, 0.717) is 12.8 Å². The number of rotatable bonds is 57. The highest BCUT2D eigenvalue weighted by atomic mass is 16.6. The van der Waals surface area contributed by atoms with Crippen molar-refractivity contribution < 1.29 is 28.6 Å². The third-order valence-corrected chi connectivity index (χ3v) is 13.1. The second-order valence-corrected chi connectivity index (χ2v) is 20.9. The molecule has 0 N–H and O–H groups in total. The van der Waals surface area contributed by atoms with E-state index < -0.39 is 6.10 Å². The number of allylic oxidation sites excluding steroid dienone is 32. The Morgan fingerprint density at radius 3 is 0.723 bits per heavy atom. The molecule has 462 valence electrons. The molecule has 0 aliphatic heterocycles. The maximum atomic E-state index is 12.9. The van der Waals surface area contributed by atoms with Gasteiger partial charge in [0.05, 0.1) is 0 Å². The predicted molar refractivity (Wildman–Crippen MR) is 361 cm³/mol. The molecule has 0 heterocycles. The summed E-state index contributed by atoms with van der Waals surface area (Å²) in [4.78, 5) is 38.4. The molecule has 0 saturated heterocycles. The molecular weight excluding hydrogens is 1020 g/mol. The smallest absolute Gasteiger partial charge is 0.306 e. The fourth-order valence-corrected chi connectivity index (χ4v) is 8.27. The highest BCUT2D eigenvalue weighted by Crippen LogP contribution is 2.14. The first-order valence-electron chi connectivity index (χ1n) is 32.9. The fourth-order valence-electron chi connectivity index (χ4n) is 8.27. The average molecular weight is 1140 g/mol. The van der Waals surface area contributed by atoms with Gasteiger partial charge in [0.1, 0.15) is 13.2 Å². The Hall–Kier alpha value is -5.75. The third kappa shape index (κ3) is 66.9.